The number of benzene rings is 1. The standard InChI is InChI=1S/C20H27N3O6/c1-2-27-20(26)29-23-10-15-8-22(9-16(11-23)19(15)25)12-17(24)13-28-18-5-3-14(7-21)4-6-18/h3-6,15-17,19,24-25H,2,8-13H2,1H3. The second-order valence-corrected chi connectivity index (χ2v) is 7.45. The van der Waals surface area contributed by atoms with E-state index in [1.807, 2.05) is 6.07 Å². The summed E-state index contributed by atoms with van der Waals surface area (Å²) in [6.07, 6.45) is -1.87. The number of carbonyl (C=O) groups excluding carboxylic acids is 1. The molecule has 3 atom stereocenters. The molecule has 3 unspecified atom stereocenters. The van der Waals surface area contributed by atoms with Gasteiger partial charge in [0.2, 0.25) is 0 Å². The molecule has 2 fully saturated rings. The van der Waals surface area contributed by atoms with Crippen molar-refractivity contribution >= 4 is 6.16 Å². The third-order valence-corrected chi connectivity index (χ3v) is 5.19. The number of ether oxygens (including phenoxy) is 2. The van der Waals surface area contributed by atoms with E-state index >= 15 is 0 Å². The first-order valence-corrected chi connectivity index (χ1v) is 9.79. The van der Waals surface area contributed by atoms with Gasteiger partial charge < -0.3 is 24.5 Å². The SMILES string of the molecule is CCOC(=O)ON1CC2CN(CC(O)COc3ccc(C#N)cc3)CC(C1)C2O. The van der Waals surface area contributed by atoms with Gasteiger partial charge in [-0.2, -0.15) is 5.26 Å². The molecule has 29 heavy (non-hydrogen) atoms. The molecule has 0 aliphatic carbocycles. The Morgan fingerprint density at radius 3 is 2.48 bits per heavy atom. The van der Waals surface area contributed by atoms with Crippen LogP contribution >= 0.6 is 0 Å². The zero-order valence-corrected chi connectivity index (χ0v) is 16.4. The van der Waals surface area contributed by atoms with Crippen molar-refractivity contribution in [2.24, 2.45) is 11.8 Å². The fraction of sp³-hybridized carbons (Fsp3) is 0.600. The number of hydrogen-bond acceptors (Lipinski definition) is 9. The maximum absolute atomic E-state index is 11.5. The largest absolute Gasteiger partial charge is 0.527 e. The third-order valence-electron chi connectivity index (χ3n) is 5.19. The monoisotopic (exact) mass is 405 g/mol. The first kappa shape index (κ1) is 21.3. The van der Waals surface area contributed by atoms with Crippen LogP contribution in [0, 0.1) is 23.2 Å². The molecule has 2 aliphatic rings. The van der Waals surface area contributed by atoms with Gasteiger partial charge in [0.1, 0.15) is 18.5 Å². The molecule has 2 heterocycles. The lowest BCUT2D eigenvalue weighted by atomic mass is 9.82. The maximum atomic E-state index is 11.5. The highest BCUT2D eigenvalue weighted by atomic mass is 16.8. The Kier molecular flexibility index (Phi) is 7.28. The number of β-amino-alcohol motifs (C(OH)–C–C–N with tert-alkyl or cyclic N) is 1. The number of rotatable bonds is 7. The van der Waals surface area contributed by atoms with Crippen molar-refractivity contribution in [2.75, 3.05) is 45.9 Å². The molecular weight excluding hydrogens is 378 g/mol. The zero-order valence-electron chi connectivity index (χ0n) is 16.4. The van der Waals surface area contributed by atoms with Crippen LogP contribution < -0.4 is 4.74 Å². The molecule has 1 aromatic carbocycles. The van der Waals surface area contributed by atoms with Crippen molar-refractivity contribution in [3.8, 4) is 11.8 Å². The van der Waals surface area contributed by atoms with Crippen LogP contribution in [0.5, 0.6) is 5.75 Å². The number of aliphatic hydroxyl groups is 2. The summed E-state index contributed by atoms with van der Waals surface area (Å²) < 4.78 is 10.4. The Bertz CT molecular complexity index is 706. The fourth-order valence-electron chi connectivity index (χ4n) is 3.91. The van der Waals surface area contributed by atoms with Crippen LogP contribution in [0.25, 0.3) is 0 Å². The number of aliphatic hydroxyl groups excluding tert-OH is 2. The average Bonchev–Trinajstić information content (AvgIpc) is 2.68. The van der Waals surface area contributed by atoms with E-state index in [9.17, 15) is 15.0 Å². The number of nitriles is 1. The normalized spacial score (nSPS) is 25.7. The summed E-state index contributed by atoms with van der Waals surface area (Å²) in [7, 11) is 0. The van der Waals surface area contributed by atoms with E-state index in [1.165, 1.54) is 0 Å². The van der Waals surface area contributed by atoms with Crippen molar-refractivity contribution < 1.29 is 29.3 Å². The van der Waals surface area contributed by atoms with Gasteiger partial charge in [-0.1, -0.05) is 0 Å². The van der Waals surface area contributed by atoms with E-state index in [-0.39, 0.29) is 25.0 Å². The third kappa shape index (κ3) is 5.81. The van der Waals surface area contributed by atoms with Crippen LogP contribution in [0.4, 0.5) is 4.79 Å². The van der Waals surface area contributed by atoms with Crippen molar-refractivity contribution in [3.05, 3.63) is 29.8 Å². The molecule has 9 nitrogen and oxygen atoms in total. The van der Waals surface area contributed by atoms with Gasteiger partial charge in [0.15, 0.2) is 0 Å². The predicted molar refractivity (Wildman–Crippen MR) is 102 cm³/mol. The van der Waals surface area contributed by atoms with Crippen LogP contribution in [-0.4, -0.2) is 84.5 Å². The van der Waals surface area contributed by atoms with Crippen molar-refractivity contribution in [1.82, 2.24) is 9.96 Å². The Hall–Kier alpha value is -2.38. The molecule has 2 bridgehead atoms. The van der Waals surface area contributed by atoms with Gasteiger partial charge in [-0.15, -0.1) is 5.06 Å². The minimum atomic E-state index is -0.728. The van der Waals surface area contributed by atoms with Gasteiger partial charge in [-0.05, 0) is 31.2 Å². The smallest absolute Gasteiger partial charge is 0.491 e. The lowest BCUT2D eigenvalue weighted by Crippen LogP contribution is -2.61. The van der Waals surface area contributed by atoms with Crippen molar-refractivity contribution in [1.29, 1.82) is 5.26 Å². The number of piperidine rings is 2. The quantitative estimate of drug-likeness (QED) is 0.630. The van der Waals surface area contributed by atoms with Crippen LogP contribution in [0.3, 0.4) is 0 Å². The highest BCUT2D eigenvalue weighted by Gasteiger charge is 2.43. The molecule has 2 saturated heterocycles. The van der Waals surface area contributed by atoms with Crippen molar-refractivity contribution in [3.63, 3.8) is 0 Å². The summed E-state index contributed by atoms with van der Waals surface area (Å²) >= 11 is 0. The Balaban J connectivity index is 1.45. The minimum absolute atomic E-state index is 0.0800. The van der Waals surface area contributed by atoms with Gasteiger partial charge in [0.05, 0.1) is 24.3 Å². The summed E-state index contributed by atoms with van der Waals surface area (Å²) in [5, 5.41) is 31.2. The average molecular weight is 405 g/mol. The summed E-state index contributed by atoms with van der Waals surface area (Å²) in [5.41, 5.74) is 0.553. The van der Waals surface area contributed by atoms with Gasteiger partial charge in [0, 0.05) is 44.6 Å². The lowest BCUT2D eigenvalue weighted by molar-refractivity contribution is -0.198. The molecule has 1 aromatic rings. The Labute approximate surface area is 169 Å². The molecular formula is C20H27N3O6. The molecule has 0 amide bonds. The maximum Gasteiger partial charge on any atom is 0.527 e. The van der Waals surface area contributed by atoms with E-state index in [0.717, 1.165) is 0 Å². The highest BCUT2D eigenvalue weighted by molar-refractivity contribution is 5.59. The van der Waals surface area contributed by atoms with Crippen LogP contribution in [-0.2, 0) is 9.57 Å². The van der Waals surface area contributed by atoms with Gasteiger partial charge in [-0.3, -0.25) is 4.90 Å². The first-order chi connectivity index (χ1) is 14.0. The summed E-state index contributed by atoms with van der Waals surface area (Å²) in [5.74, 6) is 0.438. The van der Waals surface area contributed by atoms with E-state index in [2.05, 4.69) is 4.90 Å². The molecule has 9 heteroatoms. The number of hydroxylamine groups is 2. The topological polar surface area (TPSA) is 115 Å². The highest BCUT2D eigenvalue weighted by Crippen LogP contribution is 2.29. The molecule has 0 aromatic heterocycles. The minimum Gasteiger partial charge on any atom is -0.491 e. The Morgan fingerprint density at radius 2 is 1.90 bits per heavy atom. The van der Waals surface area contributed by atoms with E-state index in [0.29, 0.717) is 44.0 Å². The summed E-state index contributed by atoms with van der Waals surface area (Å²) in [6.45, 7) is 4.55. The van der Waals surface area contributed by atoms with Crippen LogP contribution in [0.15, 0.2) is 24.3 Å². The second-order valence-electron chi connectivity index (χ2n) is 7.45. The number of likely N-dealkylation sites (tertiary alicyclic amines) is 1. The van der Waals surface area contributed by atoms with Gasteiger partial charge in [0.25, 0.3) is 0 Å². The molecule has 158 valence electrons. The Morgan fingerprint density at radius 1 is 1.24 bits per heavy atom. The number of carbonyl (C=O) groups is 1. The van der Waals surface area contributed by atoms with Gasteiger partial charge in [-0.25, -0.2) is 4.79 Å². The van der Waals surface area contributed by atoms with Gasteiger partial charge >= 0.3 is 6.16 Å². The van der Waals surface area contributed by atoms with Crippen LogP contribution in [0.1, 0.15) is 12.5 Å². The van der Waals surface area contributed by atoms with Crippen molar-refractivity contribution in [2.45, 2.75) is 19.1 Å². The molecule has 3 rings (SSSR count). The molecule has 0 radical (unpaired) electrons. The number of hydrogen-bond donors (Lipinski definition) is 2. The molecule has 2 N–H and O–H groups in total. The van der Waals surface area contributed by atoms with E-state index in [4.69, 9.17) is 19.6 Å². The summed E-state index contributed by atoms with van der Waals surface area (Å²) in [6, 6.07) is 8.78. The zero-order chi connectivity index (χ0) is 20.8. The predicted octanol–water partition coefficient (Wildman–Crippen LogP) is 0.611. The van der Waals surface area contributed by atoms with E-state index in [1.54, 1.807) is 36.3 Å². The second kappa shape index (κ2) is 9.89. The number of fused-ring (bicyclic) bond motifs is 2. The van der Waals surface area contributed by atoms with E-state index < -0.39 is 18.4 Å². The molecule has 2 aliphatic heterocycles. The lowest BCUT2D eigenvalue weighted by Gasteiger charge is -2.48. The first-order valence-electron chi connectivity index (χ1n) is 9.79. The number of nitrogens with zero attached hydrogens (tertiary/aromatic N) is 3. The summed E-state index contributed by atoms with van der Waals surface area (Å²) in [4.78, 5) is 18.8. The molecule has 0 spiro atoms. The molecule has 0 saturated carbocycles. The fourth-order valence-corrected chi connectivity index (χ4v) is 3.91. The van der Waals surface area contributed by atoms with Crippen LogP contribution in [0.2, 0.25) is 0 Å².